The van der Waals surface area contributed by atoms with Gasteiger partial charge in [-0.25, -0.2) is 4.39 Å². The maximum atomic E-state index is 13.5. The van der Waals surface area contributed by atoms with Crippen molar-refractivity contribution < 1.29 is 4.39 Å². The molecule has 0 bridgehead atoms. The van der Waals surface area contributed by atoms with Crippen LogP contribution in [0.4, 0.5) is 10.1 Å². The van der Waals surface area contributed by atoms with E-state index in [1.54, 1.807) is 7.05 Å². The molecule has 0 saturated heterocycles. The third kappa shape index (κ3) is 1.48. The Bertz CT molecular complexity index is 573. The van der Waals surface area contributed by atoms with E-state index in [4.69, 9.17) is 5.73 Å². The molecule has 4 nitrogen and oxygen atoms in total. The van der Waals surface area contributed by atoms with Crippen LogP contribution in [0.15, 0.2) is 17.2 Å². The molecule has 0 unspecified atom stereocenters. The number of rotatable bonds is 0. The summed E-state index contributed by atoms with van der Waals surface area (Å²) in [4.78, 5) is 11.6. The summed E-state index contributed by atoms with van der Waals surface area (Å²) in [6, 6.07) is 0. The maximum Gasteiger partial charge on any atom is 0.262 e. The van der Waals surface area contributed by atoms with E-state index in [0.29, 0.717) is 5.69 Å². The van der Waals surface area contributed by atoms with Crippen molar-refractivity contribution in [2.75, 3.05) is 5.73 Å². The Morgan fingerprint density at radius 3 is 2.47 bits per heavy atom. The van der Waals surface area contributed by atoms with Crippen LogP contribution in [0, 0.1) is 5.82 Å². The fraction of sp³-hybridized carbons (Fsp3) is 0.222. The predicted octanol–water partition coefficient (Wildman–Crippen LogP) is 1.02. The molecule has 0 aliphatic carbocycles. The molecule has 0 fully saturated rings. The first-order chi connectivity index (χ1) is 6.52. The van der Waals surface area contributed by atoms with Crippen molar-refractivity contribution in [3.8, 4) is 0 Å². The van der Waals surface area contributed by atoms with E-state index in [1.807, 2.05) is 0 Å². The Balaban J connectivity index is 0.00000112. The minimum Gasteiger partial charge on any atom is -0.397 e. The molecular formula is C9H11ClFN3O. The van der Waals surface area contributed by atoms with Gasteiger partial charge in [0, 0.05) is 26.5 Å². The maximum absolute atomic E-state index is 13.5. The molecular weight excluding hydrogens is 221 g/mol. The summed E-state index contributed by atoms with van der Waals surface area (Å²) >= 11 is 0. The quantitative estimate of drug-likeness (QED) is 0.736. The van der Waals surface area contributed by atoms with Gasteiger partial charge in [0.15, 0.2) is 5.82 Å². The van der Waals surface area contributed by atoms with Gasteiger partial charge in [-0.3, -0.25) is 4.79 Å². The van der Waals surface area contributed by atoms with Gasteiger partial charge in [0.2, 0.25) is 0 Å². The van der Waals surface area contributed by atoms with Crippen molar-refractivity contribution in [2.24, 2.45) is 14.1 Å². The van der Waals surface area contributed by atoms with Crippen LogP contribution in [0.3, 0.4) is 0 Å². The molecule has 2 aromatic rings. The third-order valence-corrected chi connectivity index (χ3v) is 2.28. The summed E-state index contributed by atoms with van der Waals surface area (Å²) in [5.41, 5.74) is 5.90. The second kappa shape index (κ2) is 3.58. The van der Waals surface area contributed by atoms with E-state index in [1.165, 1.54) is 22.4 Å². The minimum atomic E-state index is -0.443. The lowest BCUT2D eigenvalue weighted by Crippen LogP contribution is -2.17. The highest BCUT2D eigenvalue weighted by Crippen LogP contribution is 2.20. The van der Waals surface area contributed by atoms with Gasteiger partial charge >= 0.3 is 0 Å². The lowest BCUT2D eigenvalue weighted by molar-refractivity contribution is 0.611. The molecule has 2 N–H and O–H groups in total. The van der Waals surface area contributed by atoms with Gasteiger partial charge in [-0.05, 0) is 0 Å². The number of aryl methyl sites for hydroxylation is 2. The summed E-state index contributed by atoms with van der Waals surface area (Å²) in [6.45, 7) is 0. The van der Waals surface area contributed by atoms with Gasteiger partial charge in [0.05, 0.1) is 16.6 Å². The highest BCUT2D eigenvalue weighted by molar-refractivity contribution is 5.91. The van der Waals surface area contributed by atoms with Crippen LogP contribution in [-0.2, 0) is 14.1 Å². The molecule has 0 atom stereocenters. The molecule has 2 aromatic heterocycles. The zero-order valence-electron chi connectivity index (χ0n) is 8.32. The predicted molar refractivity (Wildman–Crippen MR) is 59.8 cm³/mol. The second-order valence-electron chi connectivity index (χ2n) is 3.31. The fourth-order valence-corrected chi connectivity index (χ4v) is 1.63. The van der Waals surface area contributed by atoms with Crippen molar-refractivity contribution in [3.63, 3.8) is 0 Å². The van der Waals surface area contributed by atoms with Gasteiger partial charge in [-0.15, -0.1) is 12.4 Å². The lowest BCUT2D eigenvalue weighted by atomic mass is 10.3. The monoisotopic (exact) mass is 231 g/mol. The van der Waals surface area contributed by atoms with Crippen LogP contribution in [0.25, 0.3) is 10.9 Å². The van der Waals surface area contributed by atoms with Crippen LogP contribution in [-0.4, -0.2) is 9.13 Å². The Hall–Kier alpha value is -1.49. The van der Waals surface area contributed by atoms with E-state index in [0.717, 1.165) is 6.20 Å². The summed E-state index contributed by atoms with van der Waals surface area (Å²) in [6.07, 6.45) is 2.69. The Morgan fingerprint density at radius 1 is 1.27 bits per heavy atom. The van der Waals surface area contributed by atoms with Crippen molar-refractivity contribution in [1.29, 1.82) is 0 Å². The largest absolute Gasteiger partial charge is 0.397 e. The number of hydrogen-bond donors (Lipinski definition) is 1. The third-order valence-electron chi connectivity index (χ3n) is 2.28. The molecule has 0 aliphatic heterocycles. The second-order valence-corrected chi connectivity index (χ2v) is 3.31. The highest BCUT2D eigenvalue weighted by Gasteiger charge is 2.13. The first-order valence-electron chi connectivity index (χ1n) is 4.12. The Kier molecular flexibility index (Phi) is 2.77. The standard InChI is InChI=1S/C9H10FN3O.ClH/c1-12-4-6(11)7-8(12)5(10)3-13(2)9(7)14;/h3-4H,11H2,1-2H3;1H. The molecule has 0 radical (unpaired) electrons. The first kappa shape index (κ1) is 11.6. The SMILES string of the molecule is Cl.Cn1cc(F)c2c(c(N)cn2C)c1=O. The van der Waals surface area contributed by atoms with Crippen molar-refractivity contribution in [3.05, 3.63) is 28.6 Å². The molecule has 6 heteroatoms. The summed E-state index contributed by atoms with van der Waals surface area (Å²) in [5.74, 6) is -0.443. The molecule has 0 aromatic carbocycles. The lowest BCUT2D eigenvalue weighted by Gasteiger charge is -2.01. The topological polar surface area (TPSA) is 52.9 Å². The fourth-order valence-electron chi connectivity index (χ4n) is 1.63. The van der Waals surface area contributed by atoms with E-state index in [2.05, 4.69) is 0 Å². The van der Waals surface area contributed by atoms with Gasteiger partial charge in [-0.1, -0.05) is 0 Å². The van der Waals surface area contributed by atoms with E-state index >= 15 is 0 Å². The average molecular weight is 232 g/mol. The highest BCUT2D eigenvalue weighted by atomic mass is 35.5. The number of halogens is 2. The number of nitrogens with two attached hydrogens (primary N) is 1. The number of nitrogen functional groups attached to an aromatic ring is 1. The Morgan fingerprint density at radius 2 is 1.87 bits per heavy atom. The summed E-state index contributed by atoms with van der Waals surface area (Å²) < 4.78 is 16.2. The number of aromatic nitrogens is 2. The molecule has 0 aliphatic rings. The minimum absolute atomic E-state index is 0. The van der Waals surface area contributed by atoms with Gasteiger partial charge in [-0.2, -0.15) is 0 Å². The van der Waals surface area contributed by atoms with E-state index in [-0.39, 0.29) is 28.9 Å². The Labute approximate surface area is 91.5 Å². The smallest absolute Gasteiger partial charge is 0.262 e. The van der Waals surface area contributed by atoms with Crippen molar-refractivity contribution in [2.45, 2.75) is 0 Å². The molecule has 0 amide bonds. The number of pyridine rings is 1. The molecule has 0 spiro atoms. The molecule has 82 valence electrons. The normalized spacial score (nSPS) is 10.3. The van der Waals surface area contributed by atoms with Crippen LogP contribution in [0.2, 0.25) is 0 Å². The van der Waals surface area contributed by atoms with Crippen LogP contribution in [0.5, 0.6) is 0 Å². The number of fused-ring (bicyclic) bond motifs is 1. The molecule has 15 heavy (non-hydrogen) atoms. The van der Waals surface area contributed by atoms with Crippen molar-refractivity contribution in [1.82, 2.24) is 9.13 Å². The van der Waals surface area contributed by atoms with E-state index in [9.17, 15) is 9.18 Å². The van der Waals surface area contributed by atoms with Crippen LogP contribution < -0.4 is 11.3 Å². The van der Waals surface area contributed by atoms with Gasteiger partial charge in [0.25, 0.3) is 5.56 Å². The molecule has 0 saturated carbocycles. The zero-order chi connectivity index (χ0) is 10.5. The summed E-state index contributed by atoms with van der Waals surface area (Å²) in [7, 11) is 3.15. The summed E-state index contributed by atoms with van der Waals surface area (Å²) in [5, 5.41) is 0.245. The first-order valence-corrected chi connectivity index (χ1v) is 4.12. The average Bonchev–Trinajstić information content (AvgIpc) is 2.38. The number of hydrogen-bond acceptors (Lipinski definition) is 2. The van der Waals surface area contributed by atoms with Gasteiger partial charge < -0.3 is 14.9 Å². The van der Waals surface area contributed by atoms with Gasteiger partial charge in [0.1, 0.15) is 0 Å². The van der Waals surface area contributed by atoms with E-state index < -0.39 is 5.82 Å². The number of nitrogens with zero attached hydrogens (tertiary/aromatic N) is 2. The zero-order valence-corrected chi connectivity index (χ0v) is 9.14. The molecule has 2 rings (SSSR count). The van der Waals surface area contributed by atoms with Crippen LogP contribution >= 0.6 is 12.4 Å². The van der Waals surface area contributed by atoms with Crippen molar-refractivity contribution >= 4 is 29.0 Å². The molecule has 2 heterocycles. The van der Waals surface area contributed by atoms with Crippen LogP contribution in [0.1, 0.15) is 0 Å². The number of anilines is 1.